The van der Waals surface area contributed by atoms with Gasteiger partial charge in [-0.1, -0.05) is 239 Å². The van der Waals surface area contributed by atoms with Gasteiger partial charge in [-0.25, -0.2) is 4.98 Å². The lowest BCUT2D eigenvalue weighted by molar-refractivity contribution is 0.568. The summed E-state index contributed by atoms with van der Waals surface area (Å²) >= 11 is 0. The van der Waals surface area contributed by atoms with Crippen molar-refractivity contribution < 1.29 is 0 Å². The first-order chi connectivity index (χ1) is 38.2. The van der Waals surface area contributed by atoms with Crippen molar-refractivity contribution in [1.82, 2.24) is 4.98 Å². The van der Waals surface area contributed by atoms with Crippen molar-refractivity contribution in [2.45, 2.75) is 209 Å². The molecule has 10 rings (SSSR count). The van der Waals surface area contributed by atoms with Gasteiger partial charge in [-0.2, -0.15) is 0 Å². The molecule has 0 bridgehead atoms. The molecular weight excluding hydrogens is 1000 g/mol. The molecule has 0 spiro atoms. The third-order valence-corrected chi connectivity index (χ3v) is 17.8. The van der Waals surface area contributed by atoms with E-state index in [4.69, 9.17) is 4.98 Å². The van der Waals surface area contributed by atoms with E-state index in [1.807, 2.05) is 0 Å². The highest BCUT2D eigenvalue weighted by atomic mass is 15.2. The van der Waals surface area contributed by atoms with E-state index in [9.17, 15) is 0 Å². The predicted molar refractivity (Wildman–Crippen MR) is 364 cm³/mol. The second-order valence-electron chi connectivity index (χ2n) is 32.9. The van der Waals surface area contributed by atoms with Gasteiger partial charge in [0.25, 0.3) is 6.71 Å². The summed E-state index contributed by atoms with van der Waals surface area (Å²) in [6.07, 6.45) is 0. The Bertz CT molecular complexity index is 3460. The maximum Gasteiger partial charge on any atom is 0.252 e. The second-order valence-corrected chi connectivity index (χ2v) is 32.9. The molecule has 4 heteroatoms. The zero-order valence-electron chi connectivity index (χ0n) is 55.3. The van der Waals surface area contributed by atoms with E-state index >= 15 is 0 Å². The van der Waals surface area contributed by atoms with E-state index in [0.29, 0.717) is 0 Å². The van der Waals surface area contributed by atoms with E-state index in [1.165, 1.54) is 101 Å². The largest absolute Gasteiger partial charge is 0.311 e. The van der Waals surface area contributed by atoms with Gasteiger partial charge in [0.1, 0.15) is 0 Å². The number of fused-ring (bicyclic) bond motifs is 4. The first-order valence-electron chi connectivity index (χ1n) is 30.8. The van der Waals surface area contributed by atoms with Gasteiger partial charge in [0, 0.05) is 45.3 Å². The molecule has 0 saturated heterocycles. The molecule has 0 aliphatic carbocycles. The standard InChI is InChI=1S/C79H96BN3/c1-72(2,3)53-33-49(34-54(41-53)73(4,5)6)50-37-65(51-35-55(74(7,8)9)42-56(36-51)75(10,11)12)81-66(38-50)52-39-69-71-70(40-52)83(62-47-59(78(19,20)21)44-60(48-62)79(22,23)24)68-32-28-26-30-64(68)80(71)63-29-25-27-31-67(63)82(69)61-45-57(76(13,14)15)43-58(46-61)77(16,17)18/h25-48H,1-24H3. The van der Waals surface area contributed by atoms with Crippen LogP contribution in [0.2, 0.25) is 0 Å². The van der Waals surface area contributed by atoms with Crippen LogP contribution in [0.15, 0.2) is 146 Å². The fraction of sp³-hybridized carbons (Fsp3) is 0.405. The van der Waals surface area contributed by atoms with E-state index in [-0.39, 0.29) is 50.0 Å². The zero-order valence-corrected chi connectivity index (χ0v) is 55.3. The number of nitrogens with zero attached hydrogens (tertiary/aromatic N) is 3. The molecule has 0 amide bonds. The van der Waals surface area contributed by atoms with Crippen molar-refractivity contribution in [3.63, 3.8) is 0 Å². The fourth-order valence-corrected chi connectivity index (χ4v) is 12.1. The van der Waals surface area contributed by atoms with Gasteiger partial charge in [-0.3, -0.25) is 0 Å². The van der Waals surface area contributed by atoms with Gasteiger partial charge in [-0.05, 0) is 188 Å². The average molecular weight is 1100 g/mol. The fourth-order valence-electron chi connectivity index (χ4n) is 12.1. The van der Waals surface area contributed by atoms with Crippen LogP contribution in [0.5, 0.6) is 0 Å². The van der Waals surface area contributed by atoms with Crippen LogP contribution in [0.3, 0.4) is 0 Å². The lowest BCUT2D eigenvalue weighted by atomic mass is 9.33. The summed E-state index contributed by atoms with van der Waals surface area (Å²) in [6.45, 7) is 56.3. The van der Waals surface area contributed by atoms with Crippen LogP contribution in [-0.4, -0.2) is 11.7 Å². The van der Waals surface area contributed by atoms with Gasteiger partial charge < -0.3 is 9.80 Å². The molecule has 430 valence electrons. The van der Waals surface area contributed by atoms with Crippen LogP contribution in [0, 0.1) is 0 Å². The Kier molecular flexibility index (Phi) is 14.3. The quantitative estimate of drug-likeness (QED) is 0.160. The number of para-hydroxylation sites is 2. The number of aromatic nitrogens is 1. The Labute approximate surface area is 502 Å². The van der Waals surface area contributed by atoms with Crippen LogP contribution in [0.1, 0.15) is 211 Å². The molecule has 0 N–H and O–H groups in total. The Hall–Kier alpha value is -6.65. The monoisotopic (exact) mass is 1100 g/mol. The van der Waals surface area contributed by atoms with Crippen molar-refractivity contribution in [2.24, 2.45) is 0 Å². The minimum Gasteiger partial charge on any atom is -0.311 e. The van der Waals surface area contributed by atoms with E-state index in [1.54, 1.807) is 0 Å². The minimum absolute atomic E-state index is 0.0310. The molecule has 0 saturated carbocycles. The summed E-state index contributed by atoms with van der Waals surface area (Å²) in [5.74, 6) is 0. The number of hydrogen-bond donors (Lipinski definition) is 0. The van der Waals surface area contributed by atoms with Crippen molar-refractivity contribution in [2.75, 3.05) is 9.80 Å². The van der Waals surface area contributed by atoms with E-state index in [0.717, 1.165) is 28.1 Å². The molecule has 2 aliphatic rings. The van der Waals surface area contributed by atoms with Crippen LogP contribution < -0.4 is 26.2 Å². The number of benzene rings is 7. The molecular formula is C79H96BN3. The molecule has 0 fully saturated rings. The summed E-state index contributed by atoms with van der Waals surface area (Å²) in [7, 11) is 0. The van der Waals surface area contributed by atoms with E-state index in [2.05, 4.69) is 322 Å². The molecule has 3 nitrogen and oxygen atoms in total. The van der Waals surface area contributed by atoms with Gasteiger partial charge in [0.15, 0.2) is 0 Å². The summed E-state index contributed by atoms with van der Waals surface area (Å²) in [6, 6.07) is 57.7. The minimum atomic E-state index is -0.0945. The second kappa shape index (κ2) is 20.0. The number of anilines is 6. The number of pyridine rings is 1. The molecule has 8 aromatic rings. The van der Waals surface area contributed by atoms with E-state index < -0.39 is 0 Å². The normalized spacial score (nSPS) is 14.2. The third kappa shape index (κ3) is 11.6. The molecule has 0 atom stereocenters. The van der Waals surface area contributed by atoms with Gasteiger partial charge in [0.2, 0.25) is 0 Å². The summed E-state index contributed by atoms with van der Waals surface area (Å²) in [5, 5.41) is 0. The van der Waals surface area contributed by atoms with Crippen molar-refractivity contribution in [3.8, 4) is 33.6 Å². The average Bonchev–Trinajstić information content (AvgIpc) is 1.86. The Balaban J connectivity index is 1.39. The summed E-state index contributed by atoms with van der Waals surface area (Å²) in [5.41, 5.74) is 27.4. The molecule has 0 radical (unpaired) electrons. The Morgan fingerprint density at radius 2 is 0.518 bits per heavy atom. The van der Waals surface area contributed by atoms with Crippen LogP contribution in [0.25, 0.3) is 33.6 Å². The predicted octanol–water partition coefficient (Wildman–Crippen LogP) is 20.5. The topological polar surface area (TPSA) is 19.4 Å². The summed E-state index contributed by atoms with van der Waals surface area (Å²) in [4.78, 5) is 11.2. The lowest BCUT2D eigenvalue weighted by Gasteiger charge is -2.45. The molecule has 3 heterocycles. The highest BCUT2D eigenvalue weighted by Crippen LogP contribution is 2.49. The third-order valence-electron chi connectivity index (χ3n) is 17.8. The van der Waals surface area contributed by atoms with Crippen molar-refractivity contribution in [1.29, 1.82) is 0 Å². The molecule has 1 aromatic heterocycles. The first kappa shape index (κ1) is 59.5. The van der Waals surface area contributed by atoms with Gasteiger partial charge in [-0.15, -0.1) is 0 Å². The molecule has 7 aromatic carbocycles. The molecule has 83 heavy (non-hydrogen) atoms. The number of hydrogen-bond acceptors (Lipinski definition) is 3. The maximum atomic E-state index is 5.98. The maximum absolute atomic E-state index is 5.98. The van der Waals surface area contributed by atoms with Crippen LogP contribution >= 0.6 is 0 Å². The first-order valence-corrected chi connectivity index (χ1v) is 30.8. The van der Waals surface area contributed by atoms with Crippen LogP contribution in [-0.2, 0) is 43.3 Å². The number of rotatable bonds is 5. The van der Waals surface area contributed by atoms with Gasteiger partial charge in [0.05, 0.1) is 11.4 Å². The molecule has 2 aliphatic heterocycles. The molecule has 0 unspecified atom stereocenters. The highest BCUT2D eigenvalue weighted by Gasteiger charge is 2.44. The zero-order chi connectivity index (χ0) is 60.7. The van der Waals surface area contributed by atoms with Gasteiger partial charge >= 0.3 is 0 Å². The van der Waals surface area contributed by atoms with Crippen LogP contribution in [0.4, 0.5) is 34.1 Å². The Morgan fingerprint density at radius 3 is 0.819 bits per heavy atom. The Morgan fingerprint density at radius 1 is 0.265 bits per heavy atom. The summed E-state index contributed by atoms with van der Waals surface area (Å²) < 4.78 is 0. The lowest BCUT2D eigenvalue weighted by Crippen LogP contribution is -2.61. The van der Waals surface area contributed by atoms with Crippen molar-refractivity contribution >= 4 is 57.2 Å². The highest BCUT2D eigenvalue weighted by molar-refractivity contribution is 7.00. The van der Waals surface area contributed by atoms with Crippen molar-refractivity contribution in [3.05, 3.63) is 190 Å². The SMILES string of the molecule is CC(C)(C)c1cc(-c2cc(-c3cc(C(C)(C)C)cc(C(C)(C)C)c3)nc(-c3cc4c5c(c3)N(c3cc(C(C)(C)C)cc(C(C)(C)C)c3)c3ccccc3B5c3ccccc3N4c3cc(C(C)(C)C)cc(C(C)(C)C)c3)c2)cc(C(C)(C)C)c1. The smallest absolute Gasteiger partial charge is 0.252 e.